The van der Waals surface area contributed by atoms with E-state index in [1.165, 1.54) is 44.4 Å². The molecule has 0 saturated heterocycles. The van der Waals surface area contributed by atoms with Crippen LogP contribution in [0.1, 0.15) is 113 Å². The van der Waals surface area contributed by atoms with Crippen LogP contribution in [0.15, 0.2) is 30.3 Å². The molecule has 0 amide bonds. The van der Waals surface area contributed by atoms with Crippen molar-refractivity contribution in [3.8, 4) is 0 Å². The summed E-state index contributed by atoms with van der Waals surface area (Å²) < 4.78 is 78.8. The van der Waals surface area contributed by atoms with Gasteiger partial charge in [0.2, 0.25) is 0 Å². The molecule has 0 bridgehead atoms. The molecule has 0 aromatic heterocycles. The Morgan fingerprint density at radius 1 is 0.914 bits per heavy atom. The van der Waals surface area contributed by atoms with Crippen molar-refractivity contribution >= 4 is 0 Å². The van der Waals surface area contributed by atoms with Crippen molar-refractivity contribution in [3.63, 3.8) is 0 Å². The number of hydrogen-bond acceptors (Lipinski definition) is 1. The van der Waals surface area contributed by atoms with E-state index in [4.69, 9.17) is 4.74 Å². The third-order valence-corrected chi connectivity index (χ3v) is 7.29. The van der Waals surface area contributed by atoms with Crippen molar-refractivity contribution < 1.29 is 26.7 Å². The summed E-state index contributed by atoms with van der Waals surface area (Å²) in [5.74, 6) is -3.07. The molecule has 1 saturated carbocycles. The van der Waals surface area contributed by atoms with Crippen LogP contribution >= 0.6 is 0 Å². The van der Waals surface area contributed by atoms with Gasteiger partial charge in [0.25, 0.3) is 0 Å². The molecule has 1 aliphatic carbocycles. The fourth-order valence-corrected chi connectivity index (χ4v) is 5.24. The van der Waals surface area contributed by atoms with Gasteiger partial charge >= 0.3 is 6.11 Å². The summed E-state index contributed by atoms with van der Waals surface area (Å²) in [5.41, 5.74) is -0.314. The number of unbranched alkanes of at least 4 members (excludes halogenated alkanes) is 2. The third kappa shape index (κ3) is 6.84. The van der Waals surface area contributed by atoms with E-state index < -0.39 is 35.2 Å². The molecule has 0 radical (unpaired) electrons. The van der Waals surface area contributed by atoms with Crippen molar-refractivity contribution in [2.75, 3.05) is 0 Å². The van der Waals surface area contributed by atoms with Crippen molar-refractivity contribution in [3.05, 3.63) is 70.0 Å². The quantitative estimate of drug-likeness (QED) is 0.222. The largest absolute Gasteiger partial charge is 0.386 e. The molecule has 1 aliphatic rings. The fourth-order valence-electron chi connectivity index (χ4n) is 5.24. The minimum atomic E-state index is -4.12. The Labute approximate surface area is 206 Å². The molecule has 1 unspecified atom stereocenters. The minimum absolute atomic E-state index is 0.0577. The van der Waals surface area contributed by atoms with Crippen LogP contribution in [0.5, 0.6) is 0 Å². The first-order valence-corrected chi connectivity index (χ1v) is 13.0. The molecule has 1 atom stereocenters. The Morgan fingerprint density at radius 3 is 2.26 bits per heavy atom. The highest BCUT2D eigenvalue weighted by Crippen LogP contribution is 2.42. The van der Waals surface area contributed by atoms with Crippen LogP contribution in [0.3, 0.4) is 0 Å². The van der Waals surface area contributed by atoms with Gasteiger partial charge in [0.05, 0.1) is 11.7 Å². The number of alkyl halides is 2. The topological polar surface area (TPSA) is 9.23 Å². The Bertz CT molecular complexity index is 966. The summed E-state index contributed by atoms with van der Waals surface area (Å²) >= 11 is 0. The molecule has 194 valence electrons. The van der Waals surface area contributed by atoms with Crippen LogP contribution in [-0.4, -0.2) is 0 Å². The van der Waals surface area contributed by atoms with Gasteiger partial charge in [-0.25, -0.2) is 13.2 Å². The molecule has 0 spiro atoms. The second-order valence-electron chi connectivity index (χ2n) is 9.93. The predicted octanol–water partition coefficient (Wildman–Crippen LogP) is 9.74. The van der Waals surface area contributed by atoms with Crippen LogP contribution in [-0.2, 0) is 17.3 Å². The Balaban J connectivity index is 1.70. The first kappa shape index (κ1) is 27.6. The van der Waals surface area contributed by atoms with E-state index in [1.54, 1.807) is 6.07 Å². The van der Waals surface area contributed by atoms with E-state index in [0.717, 1.165) is 50.2 Å². The van der Waals surface area contributed by atoms with E-state index in [-0.39, 0.29) is 17.0 Å². The second kappa shape index (κ2) is 12.3. The van der Waals surface area contributed by atoms with E-state index >= 15 is 0 Å². The van der Waals surface area contributed by atoms with Crippen LogP contribution in [0.2, 0.25) is 0 Å². The highest BCUT2D eigenvalue weighted by molar-refractivity contribution is 5.32. The first-order valence-electron chi connectivity index (χ1n) is 13.0. The molecule has 6 heteroatoms. The number of benzene rings is 2. The lowest BCUT2D eigenvalue weighted by atomic mass is 9.76. The van der Waals surface area contributed by atoms with Crippen LogP contribution in [0, 0.1) is 23.4 Å². The van der Waals surface area contributed by atoms with Crippen molar-refractivity contribution in [1.29, 1.82) is 0 Å². The molecule has 35 heavy (non-hydrogen) atoms. The van der Waals surface area contributed by atoms with Crippen LogP contribution < -0.4 is 0 Å². The molecular formula is C29H37F5O. The molecule has 2 aromatic rings. The zero-order valence-electron chi connectivity index (χ0n) is 21.0. The lowest BCUT2D eigenvalue weighted by molar-refractivity contribution is -0.274. The monoisotopic (exact) mass is 496 g/mol. The summed E-state index contributed by atoms with van der Waals surface area (Å²) in [5, 5.41) is 0. The Kier molecular flexibility index (Phi) is 9.74. The normalized spacial score (nSPS) is 19.7. The molecule has 1 fully saturated rings. The van der Waals surface area contributed by atoms with E-state index in [9.17, 15) is 22.0 Å². The third-order valence-electron chi connectivity index (χ3n) is 7.29. The van der Waals surface area contributed by atoms with Crippen molar-refractivity contribution in [2.24, 2.45) is 5.92 Å². The highest BCUT2D eigenvalue weighted by Gasteiger charge is 2.40. The van der Waals surface area contributed by atoms with Crippen molar-refractivity contribution in [1.82, 2.24) is 0 Å². The lowest BCUT2D eigenvalue weighted by Crippen LogP contribution is -2.24. The maximum Gasteiger partial charge on any atom is 0.386 e. The van der Waals surface area contributed by atoms with Gasteiger partial charge in [0.1, 0.15) is 5.82 Å². The average molecular weight is 497 g/mol. The van der Waals surface area contributed by atoms with Gasteiger partial charge in [0, 0.05) is 5.56 Å². The first-order chi connectivity index (χ1) is 16.7. The predicted molar refractivity (Wildman–Crippen MR) is 129 cm³/mol. The maximum atomic E-state index is 14.9. The van der Waals surface area contributed by atoms with Gasteiger partial charge in [-0.1, -0.05) is 64.2 Å². The maximum absolute atomic E-state index is 14.9. The van der Waals surface area contributed by atoms with Gasteiger partial charge in [-0.15, -0.1) is 0 Å². The average Bonchev–Trinajstić information content (AvgIpc) is 2.81. The molecule has 0 N–H and O–H groups in total. The number of ether oxygens (including phenoxy) is 1. The smallest absolute Gasteiger partial charge is 0.308 e. The summed E-state index contributed by atoms with van der Waals surface area (Å²) in [4.78, 5) is 0. The number of halogens is 5. The summed E-state index contributed by atoms with van der Waals surface area (Å²) in [7, 11) is 0. The number of rotatable bonds is 11. The van der Waals surface area contributed by atoms with Crippen LogP contribution in [0.25, 0.3) is 0 Å². The van der Waals surface area contributed by atoms with E-state index in [1.807, 2.05) is 6.92 Å². The standard InChI is InChI=1S/C29H37F5O/c1-4-6-7-9-20-10-13-22(14-11-20)24-16-17-25(28(32)27(24)31)29(33,34)35-19(3)23-15-12-21(8-5-2)18-26(23)30/h12,15-20,22H,4-11,13-14H2,1-3H3. The summed E-state index contributed by atoms with van der Waals surface area (Å²) in [6.45, 7) is 5.39. The number of hydrogen-bond donors (Lipinski definition) is 0. The van der Waals surface area contributed by atoms with Crippen LogP contribution in [0.4, 0.5) is 22.0 Å². The van der Waals surface area contributed by atoms with E-state index in [2.05, 4.69) is 6.92 Å². The minimum Gasteiger partial charge on any atom is -0.308 e. The summed E-state index contributed by atoms with van der Waals surface area (Å²) in [6.07, 6.45) is 4.06. The SMILES string of the molecule is CCCCCC1CCC(c2ccc(C(F)(F)OC(C)c3ccc(CCC)cc3F)c(F)c2F)CC1. The molecule has 1 nitrogen and oxygen atoms in total. The van der Waals surface area contributed by atoms with Gasteiger partial charge in [0.15, 0.2) is 11.6 Å². The molecule has 3 rings (SSSR count). The molecule has 0 aliphatic heterocycles. The van der Waals surface area contributed by atoms with Gasteiger partial charge in [-0.2, -0.15) is 8.78 Å². The van der Waals surface area contributed by atoms with E-state index in [0.29, 0.717) is 12.3 Å². The fraction of sp³-hybridized carbons (Fsp3) is 0.586. The second-order valence-corrected chi connectivity index (χ2v) is 9.93. The molecular weight excluding hydrogens is 459 g/mol. The van der Waals surface area contributed by atoms with Gasteiger partial charge in [-0.05, 0) is 74.1 Å². The van der Waals surface area contributed by atoms with Crippen molar-refractivity contribution in [2.45, 2.75) is 103 Å². The van der Waals surface area contributed by atoms with Gasteiger partial charge < -0.3 is 4.74 Å². The zero-order chi connectivity index (χ0) is 25.6. The molecule has 0 heterocycles. The Morgan fingerprint density at radius 2 is 1.63 bits per heavy atom. The molecule has 2 aromatic carbocycles. The van der Waals surface area contributed by atoms with Gasteiger partial charge in [-0.3, -0.25) is 0 Å². The lowest BCUT2D eigenvalue weighted by Gasteiger charge is -2.30. The Hall–Kier alpha value is -1.95. The zero-order valence-corrected chi connectivity index (χ0v) is 21.0. The number of aryl methyl sites for hydroxylation is 1. The summed E-state index contributed by atoms with van der Waals surface area (Å²) in [6, 6.07) is 6.53. The highest BCUT2D eigenvalue weighted by atomic mass is 19.3.